The summed E-state index contributed by atoms with van der Waals surface area (Å²) in [4.78, 5) is 23.1. The molecular formula is C13H13Cl2NO3. The number of rotatable bonds is 3. The summed E-state index contributed by atoms with van der Waals surface area (Å²) in [5.41, 5.74) is 0.341. The quantitative estimate of drug-likeness (QED) is 0.902. The topological polar surface area (TPSA) is 66.4 Å². The van der Waals surface area contributed by atoms with Gasteiger partial charge in [0.05, 0.1) is 5.92 Å². The van der Waals surface area contributed by atoms with Crippen LogP contribution < -0.4 is 5.32 Å². The van der Waals surface area contributed by atoms with Crippen molar-refractivity contribution in [2.24, 2.45) is 5.92 Å². The first-order valence-corrected chi connectivity index (χ1v) is 6.72. The molecule has 1 saturated carbocycles. The lowest BCUT2D eigenvalue weighted by Gasteiger charge is -2.17. The van der Waals surface area contributed by atoms with Gasteiger partial charge in [0.2, 0.25) is 0 Å². The number of benzene rings is 1. The van der Waals surface area contributed by atoms with Crippen molar-refractivity contribution >= 4 is 35.1 Å². The van der Waals surface area contributed by atoms with Gasteiger partial charge in [0.1, 0.15) is 0 Å². The van der Waals surface area contributed by atoms with Crippen molar-refractivity contribution in [3.8, 4) is 0 Å². The van der Waals surface area contributed by atoms with Crippen LogP contribution in [0.25, 0.3) is 0 Å². The maximum Gasteiger partial charge on any atom is 0.308 e. The van der Waals surface area contributed by atoms with Gasteiger partial charge in [0, 0.05) is 21.7 Å². The molecule has 6 heteroatoms. The molecular weight excluding hydrogens is 289 g/mol. The summed E-state index contributed by atoms with van der Waals surface area (Å²) < 4.78 is 0. The van der Waals surface area contributed by atoms with E-state index in [0.29, 0.717) is 28.5 Å². The molecule has 0 spiro atoms. The zero-order valence-corrected chi connectivity index (χ0v) is 11.5. The van der Waals surface area contributed by atoms with E-state index in [4.69, 9.17) is 28.3 Å². The number of carbonyl (C=O) groups excluding carboxylic acids is 1. The average Bonchev–Trinajstić information content (AvgIpc) is 2.75. The number of carbonyl (C=O) groups is 2. The molecule has 4 nitrogen and oxygen atoms in total. The van der Waals surface area contributed by atoms with Gasteiger partial charge in [-0.25, -0.2) is 0 Å². The van der Waals surface area contributed by atoms with Crippen LogP contribution in [0.4, 0.5) is 0 Å². The molecule has 0 bridgehead atoms. The van der Waals surface area contributed by atoms with Gasteiger partial charge in [0.15, 0.2) is 0 Å². The second-order valence-corrected chi connectivity index (χ2v) is 5.49. The third-order valence-corrected chi connectivity index (χ3v) is 3.71. The molecule has 1 fully saturated rings. The molecule has 1 aliphatic carbocycles. The molecule has 2 rings (SSSR count). The summed E-state index contributed by atoms with van der Waals surface area (Å²) in [6.45, 7) is 0. The molecule has 0 heterocycles. The van der Waals surface area contributed by atoms with Gasteiger partial charge in [-0.15, -0.1) is 0 Å². The van der Waals surface area contributed by atoms with Gasteiger partial charge in [0.25, 0.3) is 5.91 Å². The average molecular weight is 302 g/mol. The Labute approximate surface area is 120 Å². The summed E-state index contributed by atoms with van der Waals surface area (Å²) in [5, 5.41) is 12.6. The number of amides is 1. The Hall–Kier alpha value is -1.26. The van der Waals surface area contributed by atoms with Crippen LogP contribution in [0, 0.1) is 5.92 Å². The molecule has 19 heavy (non-hydrogen) atoms. The number of aliphatic carboxylic acids is 1. The fraction of sp³-hybridized carbons (Fsp3) is 0.385. The Bertz CT molecular complexity index is 498. The minimum Gasteiger partial charge on any atom is -0.481 e. The fourth-order valence-corrected chi connectivity index (χ4v) is 2.89. The maximum atomic E-state index is 12.1. The Morgan fingerprint density at radius 1 is 1.16 bits per heavy atom. The summed E-state index contributed by atoms with van der Waals surface area (Å²) in [6.07, 6.45) is 2.08. The molecule has 1 amide bonds. The summed E-state index contributed by atoms with van der Waals surface area (Å²) in [7, 11) is 0. The minimum absolute atomic E-state index is 0.331. The minimum atomic E-state index is -0.869. The van der Waals surface area contributed by atoms with Crippen LogP contribution in [0.3, 0.4) is 0 Å². The molecule has 0 radical (unpaired) electrons. The van der Waals surface area contributed by atoms with Gasteiger partial charge in [-0.2, -0.15) is 0 Å². The molecule has 0 aromatic heterocycles. The standard InChI is InChI=1S/C13H13Cl2NO3/c14-8-4-7(5-9(15)6-8)12(17)16-11-3-1-2-10(11)13(18)19/h4-6,10-11H,1-3H2,(H,16,17)(H,18,19)/t10-,11+/m1/s1. The molecule has 0 saturated heterocycles. The lowest BCUT2D eigenvalue weighted by Crippen LogP contribution is -2.40. The van der Waals surface area contributed by atoms with Gasteiger partial charge < -0.3 is 10.4 Å². The van der Waals surface area contributed by atoms with Crippen LogP contribution in [-0.4, -0.2) is 23.0 Å². The highest BCUT2D eigenvalue weighted by Crippen LogP contribution is 2.26. The van der Waals surface area contributed by atoms with Gasteiger partial charge in [-0.1, -0.05) is 29.6 Å². The van der Waals surface area contributed by atoms with Crippen molar-refractivity contribution in [3.63, 3.8) is 0 Å². The third-order valence-electron chi connectivity index (χ3n) is 3.27. The van der Waals surface area contributed by atoms with Crippen LogP contribution in [0.1, 0.15) is 29.6 Å². The molecule has 0 unspecified atom stereocenters. The lowest BCUT2D eigenvalue weighted by molar-refractivity contribution is -0.142. The molecule has 0 aliphatic heterocycles. The van der Waals surface area contributed by atoms with Gasteiger partial charge >= 0.3 is 5.97 Å². The van der Waals surface area contributed by atoms with E-state index in [9.17, 15) is 9.59 Å². The van der Waals surface area contributed by atoms with E-state index in [1.165, 1.54) is 18.2 Å². The SMILES string of the molecule is O=C(N[C@H]1CCC[C@H]1C(=O)O)c1cc(Cl)cc(Cl)c1. The maximum absolute atomic E-state index is 12.1. The summed E-state index contributed by atoms with van der Waals surface area (Å²) in [6, 6.07) is 4.22. The number of halogens is 2. The Morgan fingerprint density at radius 3 is 2.37 bits per heavy atom. The Kier molecular flexibility index (Phi) is 4.32. The van der Waals surface area contributed by atoms with Crippen molar-refractivity contribution in [1.29, 1.82) is 0 Å². The van der Waals surface area contributed by atoms with E-state index < -0.39 is 11.9 Å². The smallest absolute Gasteiger partial charge is 0.308 e. The Morgan fingerprint density at radius 2 is 1.79 bits per heavy atom. The van der Waals surface area contributed by atoms with Gasteiger partial charge in [-0.05, 0) is 31.0 Å². The monoisotopic (exact) mass is 301 g/mol. The number of carboxylic acid groups (broad SMARTS) is 1. The van der Waals surface area contributed by atoms with Crippen molar-refractivity contribution < 1.29 is 14.7 Å². The van der Waals surface area contributed by atoms with E-state index in [1.807, 2.05) is 0 Å². The highest BCUT2D eigenvalue weighted by atomic mass is 35.5. The first kappa shape index (κ1) is 14.2. The molecule has 1 aromatic carbocycles. The van der Waals surface area contributed by atoms with Crippen molar-refractivity contribution in [2.75, 3.05) is 0 Å². The summed E-state index contributed by atoms with van der Waals surface area (Å²) >= 11 is 11.7. The zero-order valence-electron chi connectivity index (χ0n) is 10.0. The number of carboxylic acids is 1. The summed E-state index contributed by atoms with van der Waals surface area (Å²) in [5.74, 6) is -1.73. The molecule has 1 aliphatic rings. The third kappa shape index (κ3) is 3.39. The first-order valence-electron chi connectivity index (χ1n) is 5.97. The van der Waals surface area contributed by atoms with E-state index in [1.54, 1.807) is 0 Å². The van der Waals surface area contributed by atoms with Crippen molar-refractivity contribution in [2.45, 2.75) is 25.3 Å². The van der Waals surface area contributed by atoms with Crippen molar-refractivity contribution in [3.05, 3.63) is 33.8 Å². The Balaban J connectivity index is 2.10. The van der Waals surface area contributed by atoms with Gasteiger partial charge in [-0.3, -0.25) is 9.59 Å². The fourth-order valence-electron chi connectivity index (χ4n) is 2.37. The second-order valence-electron chi connectivity index (χ2n) is 4.61. The second kappa shape index (κ2) is 5.80. The van der Waals surface area contributed by atoms with Crippen LogP contribution in [0.15, 0.2) is 18.2 Å². The van der Waals surface area contributed by atoms with E-state index >= 15 is 0 Å². The molecule has 102 valence electrons. The zero-order chi connectivity index (χ0) is 14.0. The van der Waals surface area contributed by atoms with Crippen LogP contribution in [0.2, 0.25) is 10.0 Å². The number of nitrogens with one attached hydrogen (secondary N) is 1. The predicted molar refractivity (Wildman–Crippen MR) is 72.7 cm³/mol. The van der Waals surface area contributed by atoms with E-state index in [2.05, 4.69) is 5.32 Å². The van der Waals surface area contributed by atoms with Crippen LogP contribution in [0.5, 0.6) is 0 Å². The van der Waals surface area contributed by atoms with Crippen LogP contribution in [-0.2, 0) is 4.79 Å². The number of hydrogen-bond donors (Lipinski definition) is 2. The normalized spacial score (nSPS) is 22.2. The first-order chi connectivity index (χ1) is 8.97. The lowest BCUT2D eigenvalue weighted by atomic mass is 10.0. The molecule has 2 atom stereocenters. The molecule has 1 aromatic rings. The van der Waals surface area contributed by atoms with E-state index in [-0.39, 0.29) is 11.9 Å². The highest BCUT2D eigenvalue weighted by Gasteiger charge is 2.34. The highest BCUT2D eigenvalue weighted by molar-refractivity contribution is 6.35. The van der Waals surface area contributed by atoms with E-state index in [0.717, 1.165) is 6.42 Å². The predicted octanol–water partition coefficient (Wildman–Crippen LogP) is 2.98. The molecule has 2 N–H and O–H groups in total. The largest absolute Gasteiger partial charge is 0.481 e. The van der Waals surface area contributed by atoms with Crippen LogP contribution >= 0.6 is 23.2 Å². The number of hydrogen-bond acceptors (Lipinski definition) is 2. The van der Waals surface area contributed by atoms with Crippen molar-refractivity contribution in [1.82, 2.24) is 5.32 Å².